The summed E-state index contributed by atoms with van der Waals surface area (Å²) in [6.07, 6.45) is 1.59. The Balaban J connectivity index is 2.14. The van der Waals surface area contributed by atoms with E-state index in [-0.39, 0.29) is 43.6 Å². The molecule has 42 heavy (non-hydrogen) atoms. The Kier molecular flexibility index (Phi) is 13.6. The molecule has 0 aliphatic heterocycles. The van der Waals surface area contributed by atoms with Gasteiger partial charge in [-0.2, -0.15) is 11.8 Å². The van der Waals surface area contributed by atoms with Crippen molar-refractivity contribution in [1.29, 1.82) is 0 Å². The standard InChI is InChI=1S/C28H37N5O8S/c1-42-13-12-22(27(39)33-23(28(40)41)15-17-4-8-19(35)9-5-17)32-26(38)21(10-11-24(30)36)31-25(37)20(29)14-16-2-6-18(34)7-3-16/h2-9,20-23,34-35H,10-15,29H2,1H3,(H2,30,36)(H,31,37)(H,32,38)(H,33,39)(H,40,41). The van der Waals surface area contributed by atoms with Crippen molar-refractivity contribution in [1.82, 2.24) is 16.0 Å². The number of phenolic OH excluding ortho intramolecular Hbond substituents is 2. The zero-order valence-electron chi connectivity index (χ0n) is 23.1. The highest BCUT2D eigenvalue weighted by atomic mass is 32.2. The predicted octanol–water partition coefficient (Wildman–Crippen LogP) is -0.232. The number of nitrogens with one attached hydrogen (secondary N) is 3. The molecule has 4 amide bonds. The van der Waals surface area contributed by atoms with Gasteiger partial charge in [-0.25, -0.2) is 4.79 Å². The number of hydrogen-bond donors (Lipinski definition) is 8. The number of thioether (sulfide) groups is 1. The number of carbonyl (C=O) groups excluding carboxylic acids is 4. The first kappa shape index (κ1) is 33.9. The van der Waals surface area contributed by atoms with Crippen LogP contribution in [0, 0.1) is 0 Å². The highest BCUT2D eigenvalue weighted by Gasteiger charge is 2.30. The minimum absolute atomic E-state index is 0.00814. The normalized spacial score (nSPS) is 13.7. The number of primary amides is 1. The van der Waals surface area contributed by atoms with Crippen LogP contribution in [0.5, 0.6) is 11.5 Å². The van der Waals surface area contributed by atoms with Crippen molar-refractivity contribution in [3.63, 3.8) is 0 Å². The largest absolute Gasteiger partial charge is 0.508 e. The van der Waals surface area contributed by atoms with Gasteiger partial charge in [-0.15, -0.1) is 0 Å². The van der Waals surface area contributed by atoms with E-state index in [2.05, 4.69) is 16.0 Å². The van der Waals surface area contributed by atoms with E-state index >= 15 is 0 Å². The molecule has 0 radical (unpaired) electrons. The van der Waals surface area contributed by atoms with E-state index in [1.807, 2.05) is 0 Å². The fraction of sp³-hybridized carbons (Fsp3) is 0.393. The number of phenols is 2. The molecule has 2 rings (SSSR count). The van der Waals surface area contributed by atoms with Crippen molar-refractivity contribution >= 4 is 41.4 Å². The fourth-order valence-electron chi connectivity index (χ4n) is 3.93. The molecule has 228 valence electrons. The molecule has 0 aromatic heterocycles. The van der Waals surface area contributed by atoms with Gasteiger partial charge in [0.05, 0.1) is 6.04 Å². The SMILES string of the molecule is CSCCC(NC(=O)C(CCC(N)=O)NC(=O)C(N)Cc1ccc(O)cc1)C(=O)NC(Cc1ccc(O)cc1)C(=O)O. The average Bonchev–Trinajstić information content (AvgIpc) is 2.94. The topological polar surface area (TPSA) is 234 Å². The van der Waals surface area contributed by atoms with Crippen LogP contribution >= 0.6 is 11.8 Å². The maximum absolute atomic E-state index is 13.3. The van der Waals surface area contributed by atoms with E-state index in [4.69, 9.17) is 11.5 Å². The van der Waals surface area contributed by atoms with Crippen LogP contribution in [0.1, 0.15) is 30.4 Å². The maximum atomic E-state index is 13.3. The molecular weight excluding hydrogens is 566 g/mol. The molecule has 14 heteroatoms. The number of carbonyl (C=O) groups is 5. The molecule has 0 saturated heterocycles. The van der Waals surface area contributed by atoms with E-state index in [1.54, 1.807) is 18.4 Å². The van der Waals surface area contributed by atoms with Gasteiger partial charge in [-0.3, -0.25) is 19.2 Å². The summed E-state index contributed by atoms with van der Waals surface area (Å²) in [5.74, 6) is -3.68. The molecule has 4 unspecified atom stereocenters. The lowest BCUT2D eigenvalue weighted by Crippen LogP contribution is -2.57. The molecule has 0 aliphatic carbocycles. The van der Waals surface area contributed by atoms with E-state index in [0.717, 1.165) is 0 Å². The number of hydrogen-bond acceptors (Lipinski definition) is 9. The van der Waals surface area contributed by atoms with Crippen molar-refractivity contribution in [3.8, 4) is 11.5 Å². The third kappa shape index (κ3) is 11.7. The predicted molar refractivity (Wildman–Crippen MR) is 156 cm³/mol. The smallest absolute Gasteiger partial charge is 0.326 e. The van der Waals surface area contributed by atoms with E-state index < -0.39 is 53.8 Å². The van der Waals surface area contributed by atoms with Gasteiger partial charge in [0.15, 0.2) is 0 Å². The molecule has 0 bridgehead atoms. The monoisotopic (exact) mass is 603 g/mol. The Morgan fingerprint density at radius 1 is 0.738 bits per heavy atom. The number of benzene rings is 2. The van der Waals surface area contributed by atoms with Gasteiger partial charge in [-0.1, -0.05) is 24.3 Å². The van der Waals surface area contributed by atoms with Gasteiger partial charge in [0.2, 0.25) is 23.6 Å². The molecule has 13 nitrogen and oxygen atoms in total. The summed E-state index contributed by atoms with van der Waals surface area (Å²) in [5, 5.41) is 36.1. The van der Waals surface area contributed by atoms with Crippen LogP contribution in [0.15, 0.2) is 48.5 Å². The summed E-state index contributed by atoms with van der Waals surface area (Å²) in [7, 11) is 0. The summed E-state index contributed by atoms with van der Waals surface area (Å²) < 4.78 is 0. The molecular formula is C28H37N5O8S. The zero-order chi connectivity index (χ0) is 31.2. The van der Waals surface area contributed by atoms with Gasteiger partial charge in [-0.05, 0) is 66.7 Å². The van der Waals surface area contributed by atoms with Crippen LogP contribution in [0.25, 0.3) is 0 Å². The third-order valence-corrected chi connectivity index (χ3v) is 6.92. The second-order valence-corrected chi connectivity index (χ2v) is 10.6. The summed E-state index contributed by atoms with van der Waals surface area (Å²) in [6, 6.07) is 7.16. The average molecular weight is 604 g/mol. The van der Waals surface area contributed by atoms with Gasteiger partial charge in [0, 0.05) is 12.8 Å². The molecule has 0 heterocycles. The quantitative estimate of drug-likeness (QED) is 0.118. The van der Waals surface area contributed by atoms with Gasteiger partial charge in [0.25, 0.3) is 0 Å². The number of amides is 4. The lowest BCUT2D eigenvalue weighted by Gasteiger charge is -2.25. The fourth-order valence-corrected chi connectivity index (χ4v) is 4.40. The summed E-state index contributed by atoms with van der Waals surface area (Å²) >= 11 is 1.41. The zero-order valence-corrected chi connectivity index (χ0v) is 23.9. The van der Waals surface area contributed by atoms with E-state index in [9.17, 15) is 39.3 Å². The molecule has 0 fully saturated rings. The Labute approximate surface area is 247 Å². The van der Waals surface area contributed by atoms with Crippen molar-refractivity contribution in [3.05, 3.63) is 59.7 Å². The van der Waals surface area contributed by atoms with Crippen LogP contribution in [0.2, 0.25) is 0 Å². The van der Waals surface area contributed by atoms with Gasteiger partial charge >= 0.3 is 5.97 Å². The summed E-state index contributed by atoms with van der Waals surface area (Å²) in [5.41, 5.74) is 12.5. The molecule has 0 saturated carbocycles. The summed E-state index contributed by atoms with van der Waals surface area (Å²) in [6.45, 7) is 0. The molecule has 2 aromatic carbocycles. The Morgan fingerprint density at radius 3 is 1.67 bits per heavy atom. The van der Waals surface area contributed by atoms with Crippen molar-refractivity contribution < 1.29 is 39.3 Å². The third-order valence-electron chi connectivity index (χ3n) is 6.28. The van der Waals surface area contributed by atoms with E-state index in [0.29, 0.717) is 16.9 Å². The van der Waals surface area contributed by atoms with E-state index in [1.165, 1.54) is 48.2 Å². The number of carboxylic acids is 1. The first-order chi connectivity index (χ1) is 19.9. The van der Waals surface area contributed by atoms with Crippen molar-refractivity contribution in [2.24, 2.45) is 11.5 Å². The first-order valence-corrected chi connectivity index (χ1v) is 14.5. The minimum atomic E-state index is -1.32. The van der Waals surface area contributed by atoms with Gasteiger partial charge < -0.3 is 42.7 Å². The number of aromatic hydroxyl groups is 2. The second kappa shape index (κ2) is 16.8. The van der Waals surface area contributed by atoms with Crippen molar-refractivity contribution in [2.75, 3.05) is 12.0 Å². The van der Waals surface area contributed by atoms with Crippen LogP contribution < -0.4 is 27.4 Å². The van der Waals surface area contributed by atoms with Crippen LogP contribution in [-0.2, 0) is 36.8 Å². The Morgan fingerprint density at radius 2 is 1.19 bits per heavy atom. The Hall–Kier alpha value is -4.30. The molecule has 2 aromatic rings. The molecule has 10 N–H and O–H groups in total. The lowest BCUT2D eigenvalue weighted by molar-refractivity contribution is -0.142. The molecule has 0 aliphatic rings. The number of carboxylic acid groups (broad SMARTS) is 1. The summed E-state index contributed by atoms with van der Waals surface area (Å²) in [4.78, 5) is 62.6. The first-order valence-electron chi connectivity index (χ1n) is 13.1. The van der Waals surface area contributed by atoms with Crippen molar-refractivity contribution in [2.45, 2.75) is 56.3 Å². The molecule has 4 atom stereocenters. The van der Waals surface area contributed by atoms with Crippen LogP contribution in [-0.4, -0.2) is 81.1 Å². The number of aliphatic carboxylic acids is 1. The highest BCUT2D eigenvalue weighted by molar-refractivity contribution is 7.98. The molecule has 0 spiro atoms. The van der Waals surface area contributed by atoms with Crippen LogP contribution in [0.4, 0.5) is 0 Å². The maximum Gasteiger partial charge on any atom is 0.326 e. The lowest BCUT2D eigenvalue weighted by atomic mass is 10.0. The minimum Gasteiger partial charge on any atom is -0.508 e. The van der Waals surface area contributed by atoms with Gasteiger partial charge in [0.1, 0.15) is 29.6 Å². The number of nitrogens with two attached hydrogens (primary N) is 2. The number of rotatable bonds is 17. The Bertz CT molecular complexity index is 1230. The van der Waals surface area contributed by atoms with Crippen LogP contribution in [0.3, 0.4) is 0 Å². The highest BCUT2D eigenvalue weighted by Crippen LogP contribution is 2.13. The second-order valence-electron chi connectivity index (χ2n) is 9.66.